The van der Waals surface area contributed by atoms with Crippen molar-refractivity contribution in [1.29, 1.82) is 0 Å². The lowest BCUT2D eigenvalue weighted by Gasteiger charge is -1.92. The third-order valence-corrected chi connectivity index (χ3v) is 1.44. The maximum atomic E-state index is 10.7. The van der Waals surface area contributed by atoms with Gasteiger partial charge in [0.25, 0.3) is 0 Å². The van der Waals surface area contributed by atoms with Crippen LogP contribution in [-0.2, 0) is 0 Å². The average molecular weight is 218 g/mol. The highest BCUT2D eigenvalue weighted by molar-refractivity contribution is 6.29. The molecule has 0 atom stereocenters. The summed E-state index contributed by atoms with van der Waals surface area (Å²) in [4.78, 5) is 14.4. The predicted octanol–water partition coefficient (Wildman–Crippen LogP) is 0.909. The Morgan fingerprint density at radius 3 is 2.36 bits per heavy atom. The molecule has 4 nitrogen and oxygen atoms in total. The molecule has 14 heavy (non-hydrogen) atoms. The van der Waals surface area contributed by atoms with Gasteiger partial charge in [-0.05, 0) is 19.1 Å². The van der Waals surface area contributed by atoms with Crippen LogP contribution in [0.25, 0.3) is 0 Å². The zero-order valence-corrected chi connectivity index (χ0v) is 8.53. The van der Waals surface area contributed by atoms with E-state index in [2.05, 4.69) is 4.98 Å². The first kappa shape index (κ1) is 13.0. The monoisotopic (exact) mass is 217 g/mol. The van der Waals surface area contributed by atoms with Crippen molar-refractivity contribution in [1.82, 2.24) is 4.98 Å². The highest BCUT2D eigenvalue weighted by Crippen LogP contribution is 2.06. The van der Waals surface area contributed by atoms with Crippen LogP contribution < -0.4 is 0 Å². The second-order valence-electron chi connectivity index (χ2n) is 2.37. The van der Waals surface area contributed by atoms with Gasteiger partial charge in [-0.3, -0.25) is 4.79 Å². The number of hydrogen-bond acceptors (Lipinski definition) is 4. The summed E-state index contributed by atoms with van der Waals surface area (Å²) in [6.07, 6.45) is 1.51. The van der Waals surface area contributed by atoms with Crippen molar-refractivity contribution < 1.29 is 15.0 Å². The van der Waals surface area contributed by atoms with Crippen molar-refractivity contribution in [2.75, 3.05) is 13.2 Å². The van der Waals surface area contributed by atoms with Crippen LogP contribution in [0.3, 0.4) is 0 Å². The summed E-state index contributed by atoms with van der Waals surface area (Å²) in [7, 11) is 0. The lowest BCUT2D eigenvalue weighted by molar-refractivity contribution is 0.101. The van der Waals surface area contributed by atoms with Crippen LogP contribution in [0.4, 0.5) is 0 Å². The van der Waals surface area contributed by atoms with Gasteiger partial charge in [-0.15, -0.1) is 0 Å². The molecule has 0 bridgehead atoms. The number of pyridine rings is 1. The van der Waals surface area contributed by atoms with E-state index in [4.69, 9.17) is 21.8 Å². The molecule has 78 valence electrons. The molecule has 0 aliphatic rings. The Kier molecular flexibility index (Phi) is 6.92. The minimum atomic E-state index is -0.125. The van der Waals surface area contributed by atoms with E-state index in [-0.39, 0.29) is 19.0 Å². The molecule has 5 heteroatoms. The summed E-state index contributed by atoms with van der Waals surface area (Å²) in [5, 5.41) is 15.6. The minimum Gasteiger partial charge on any atom is -0.394 e. The third kappa shape index (κ3) is 5.64. The molecule has 0 saturated carbocycles. The van der Waals surface area contributed by atoms with Gasteiger partial charge >= 0.3 is 0 Å². The Labute approximate surface area is 87.2 Å². The van der Waals surface area contributed by atoms with Gasteiger partial charge in [-0.1, -0.05) is 11.6 Å². The first-order chi connectivity index (χ1) is 6.61. The van der Waals surface area contributed by atoms with Crippen molar-refractivity contribution in [3.63, 3.8) is 0 Å². The number of nitrogens with zero attached hydrogens (tertiary/aromatic N) is 1. The number of carbonyl (C=O) groups excluding carboxylic acids is 1. The topological polar surface area (TPSA) is 70.4 Å². The van der Waals surface area contributed by atoms with Crippen molar-refractivity contribution in [3.05, 3.63) is 29.0 Å². The second-order valence-corrected chi connectivity index (χ2v) is 2.76. The van der Waals surface area contributed by atoms with E-state index >= 15 is 0 Å². The smallest absolute Gasteiger partial charge is 0.159 e. The molecule has 0 aliphatic carbocycles. The van der Waals surface area contributed by atoms with Crippen molar-refractivity contribution in [2.24, 2.45) is 0 Å². The molecule has 0 aliphatic heterocycles. The van der Waals surface area contributed by atoms with E-state index in [0.717, 1.165) is 0 Å². The number of hydrogen-bond donors (Lipinski definition) is 2. The molecular weight excluding hydrogens is 206 g/mol. The number of carbonyl (C=O) groups is 1. The van der Waals surface area contributed by atoms with Gasteiger partial charge in [0.1, 0.15) is 5.15 Å². The zero-order valence-electron chi connectivity index (χ0n) is 7.77. The van der Waals surface area contributed by atoms with Gasteiger partial charge in [0, 0.05) is 11.8 Å². The number of halogens is 1. The first-order valence-corrected chi connectivity index (χ1v) is 4.33. The Balaban J connectivity index is 0.000000364. The maximum absolute atomic E-state index is 10.7. The highest BCUT2D eigenvalue weighted by Gasteiger charge is 1.97. The predicted molar refractivity (Wildman–Crippen MR) is 53.4 cm³/mol. The number of rotatable bonds is 2. The molecule has 2 N–H and O–H groups in total. The van der Waals surface area contributed by atoms with Crippen LogP contribution >= 0.6 is 11.6 Å². The van der Waals surface area contributed by atoms with E-state index in [9.17, 15) is 4.79 Å². The van der Waals surface area contributed by atoms with Crippen molar-refractivity contribution in [2.45, 2.75) is 6.92 Å². The molecule has 0 radical (unpaired) electrons. The van der Waals surface area contributed by atoms with Crippen molar-refractivity contribution >= 4 is 17.4 Å². The molecule has 0 spiro atoms. The van der Waals surface area contributed by atoms with E-state index in [1.807, 2.05) is 0 Å². The van der Waals surface area contributed by atoms with Gasteiger partial charge in [-0.2, -0.15) is 0 Å². The van der Waals surface area contributed by atoms with Gasteiger partial charge < -0.3 is 10.2 Å². The van der Waals surface area contributed by atoms with Crippen LogP contribution in [0.2, 0.25) is 5.15 Å². The molecule has 1 heterocycles. The minimum absolute atomic E-state index is 0.00398. The Morgan fingerprint density at radius 1 is 1.50 bits per heavy atom. The van der Waals surface area contributed by atoms with Gasteiger partial charge in [0.2, 0.25) is 0 Å². The SMILES string of the molecule is CC(=O)c1ccnc(Cl)c1.OCCO. The van der Waals surface area contributed by atoms with E-state index < -0.39 is 0 Å². The lowest BCUT2D eigenvalue weighted by Crippen LogP contribution is -1.91. The van der Waals surface area contributed by atoms with Gasteiger partial charge in [-0.25, -0.2) is 4.98 Å². The average Bonchev–Trinajstić information content (AvgIpc) is 2.18. The Bertz CT molecular complexity index is 289. The molecule has 0 amide bonds. The van der Waals surface area contributed by atoms with Crippen LogP contribution in [0.1, 0.15) is 17.3 Å². The summed E-state index contributed by atoms with van der Waals surface area (Å²) in [5.74, 6) is 0.00398. The van der Waals surface area contributed by atoms with Crippen LogP contribution in [-0.4, -0.2) is 34.2 Å². The molecule has 0 saturated heterocycles. The maximum Gasteiger partial charge on any atom is 0.159 e. The molecule has 0 fully saturated rings. The number of aliphatic hydroxyl groups is 2. The summed E-state index contributed by atoms with van der Waals surface area (Å²) in [6.45, 7) is 1.24. The van der Waals surface area contributed by atoms with Gasteiger partial charge in [0.15, 0.2) is 5.78 Å². The molecule has 0 aromatic carbocycles. The normalized spacial score (nSPS) is 8.86. The third-order valence-electron chi connectivity index (χ3n) is 1.23. The van der Waals surface area contributed by atoms with Crippen molar-refractivity contribution in [3.8, 4) is 0 Å². The summed E-state index contributed by atoms with van der Waals surface area (Å²) in [5.41, 5.74) is 0.597. The largest absolute Gasteiger partial charge is 0.394 e. The fraction of sp³-hybridized carbons (Fsp3) is 0.333. The van der Waals surface area contributed by atoms with E-state index in [0.29, 0.717) is 10.7 Å². The second kappa shape index (κ2) is 7.44. The van der Waals surface area contributed by atoms with E-state index in [1.165, 1.54) is 13.1 Å². The van der Waals surface area contributed by atoms with Crippen LogP contribution in [0, 0.1) is 0 Å². The summed E-state index contributed by atoms with van der Waals surface area (Å²) in [6, 6.07) is 3.18. The fourth-order valence-electron chi connectivity index (χ4n) is 0.621. The summed E-state index contributed by atoms with van der Waals surface area (Å²) < 4.78 is 0. The summed E-state index contributed by atoms with van der Waals surface area (Å²) >= 11 is 5.53. The first-order valence-electron chi connectivity index (χ1n) is 3.96. The van der Waals surface area contributed by atoms with E-state index in [1.54, 1.807) is 12.1 Å². The molecule has 1 rings (SSSR count). The number of aromatic nitrogens is 1. The Morgan fingerprint density at radius 2 is 2.07 bits per heavy atom. The quantitative estimate of drug-likeness (QED) is 0.571. The number of ketones is 1. The molecular formula is C9H12ClNO3. The number of aliphatic hydroxyl groups excluding tert-OH is 2. The highest BCUT2D eigenvalue weighted by atomic mass is 35.5. The van der Waals surface area contributed by atoms with Gasteiger partial charge in [0.05, 0.1) is 13.2 Å². The van der Waals surface area contributed by atoms with Crippen LogP contribution in [0.5, 0.6) is 0 Å². The number of Topliss-reactive ketones (excluding diaryl/α,β-unsaturated/α-hetero) is 1. The molecule has 0 unspecified atom stereocenters. The van der Waals surface area contributed by atoms with Crippen LogP contribution in [0.15, 0.2) is 18.3 Å². The fourth-order valence-corrected chi connectivity index (χ4v) is 0.795. The lowest BCUT2D eigenvalue weighted by atomic mass is 10.2. The standard InChI is InChI=1S/C7H6ClNO.C2H6O2/c1-5(10)6-2-3-9-7(8)4-6;3-1-2-4/h2-4H,1H3;3-4H,1-2H2. The Hall–Kier alpha value is -0.970. The molecule has 1 aromatic heterocycles. The zero-order chi connectivity index (χ0) is 11.0. The molecule has 1 aromatic rings.